The first-order chi connectivity index (χ1) is 7.68. The molecule has 0 radical (unpaired) electrons. The molecule has 1 heterocycles. The van der Waals surface area contributed by atoms with Crippen LogP contribution in [0.5, 0.6) is 0 Å². The van der Waals surface area contributed by atoms with Gasteiger partial charge in [0.15, 0.2) is 0 Å². The van der Waals surface area contributed by atoms with E-state index in [1.54, 1.807) is 0 Å². The number of nitrogens with zero attached hydrogens (tertiary/aromatic N) is 2. The fourth-order valence-electron chi connectivity index (χ4n) is 0.878. The Kier molecular flexibility index (Phi) is 4.27. The molecule has 3 N–H and O–H groups in total. The Labute approximate surface area is 99.1 Å². The molecule has 0 atom stereocenters. The van der Waals surface area contributed by atoms with Gasteiger partial charge < -0.3 is 5.32 Å². The zero-order valence-corrected chi connectivity index (χ0v) is 9.99. The zero-order valence-electron chi connectivity index (χ0n) is 8.36. The highest BCUT2D eigenvalue weighted by atomic mass is 32.2. The van der Waals surface area contributed by atoms with Gasteiger partial charge in [0.2, 0.25) is 20.2 Å². The van der Waals surface area contributed by atoms with E-state index >= 15 is 0 Å². The van der Waals surface area contributed by atoms with Gasteiger partial charge in [-0.2, -0.15) is 13.2 Å². The predicted molar refractivity (Wildman–Crippen MR) is 56.0 cm³/mol. The highest BCUT2D eigenvalue weighted by Gasteiger charge is 2.35. The standard InChI is InChI=1S/C6H9F3N4O2S2/c7-6(8,9)4-12-13-5(16-4)11-2-1-3-17(10,14)15/h1-3H2,(H,11,13)(H2,10,14,15). The molecule has 1 aromatic rings. The van der Waals surface area contributed by atoms with Crippen LogP contribution in [0.25, 0.3) is 0 Å². The average Bonchev–Trinajstić information content (AvgIpc) is 2.58. The number of alkyl halides is 3. The Hall–Kier alpha value is -0.940. The van der Waals surface area contributed by atoms with E-state index in [1.165, 1.54) is 0 Å². The number of primary sulfonamides is 1. The predicted octanol–water partition coefficient (Wildman–Crippen LogP) is 0.647. The number of sulfonamides is 1. The largest absolute Gasteiger partial charge is 0.445 e. The molecular weight excluding hydrogens is 281 g/mol. The van der Waals surface area contributed by atoms with Crippen molar-refractivity contribution in [1.82, 2.24) is 10.2 Å². The fraction of sp³-hybridized carbons (Fsp3) is 0.667. The van der Waals surface area contributed by atoms with Crippen LogP contribution in [0, 0.1) is 0 Å². The summed E-state index contributed by atoms with van der Waals surface area (Å²) in [5.41, 5.74) is 0. The number of rotatable bonds is 5. The Balaban J connectivity index is 2.41. The van der Waals surface area contributed by atoms with Crippen LogP contribution in [-0.2, 0) is 16.2 Å². The van der Waals surface area contributed by atoms with Crippen LogP contribution in [0.15, 0.2) is 0 Å². The van der Waals surface area contributed by atoms with Crippen molar-refractivity contribution in [2.24, 2.45) is 5.14 Å². The summed E-state index contributed by atoms with van der Waals surface area (Å²) in [6.45, 7) is 0.156. The molecule has 0 spiro atoms. The van der Waals surface area contributed by atoms with Crippen molar-refractivity contribution in [3.63, 3.8) is 0 Å². The molecule has 98 valence electrons. The van der Waals surface area contributed by atoms with Crippen molar-refractivity contribution in [3.8, 4) is 0 Å². The van der Waals surface area contributed by atoms with Crippen molar-refractivity contribution in [1.29, 1.82) is 0 Å². The third-order valence-corrected chi connectivity index (χ3v) is 3.33. The molecule has 0 aromatic carbocycles. The lowest BCUT2D eigenvalue weighted by Gasteiger charge is -2.00. The molecule has 0 aliphatic heterocycles. The first-order valence-electron chi connectivity index (χ1n) is 4.33. The van der Waals surface area contributed by atoms with Gasteiger partial charge in [0.25, 0.3) is 0 Å². The lowest BCUT2D eigenvalue weighted by Crippen LogP contribution is -2.18. The summed E-state index contributed by atoms with van der Waals surface area (Å²) in [5.74, 6) is -0.245. The highest BCUT2D eigenvalue weighted by Crippen LogP contribution is 2.32. The van der Waals surface area contributed by atoms with E-state index in [1.807, 2.05) is 0 Å². The van der Waals surface area contributed by atoms with Gasteiger partial charge in [0, 0.05) is 6.54 Å². The lowest BCUT2D eigenvalue weighted by atomic mass is 10.5. The van der Waals surface area contributed by atoms with Gasteiger partial charge >= 0.3 is 6.18 Å². The van der Waals surface area contributed by atoms with Gasteiger partial charge in [-0.1, -0.05) is 11.3 Å². The van der Waals surface area contributed by atoms with Gasteiger partial charge in [-0.25, -0.2) is 13.6 Å². The Morgan fingerprint density at radius 2 is 2.00 bits per heavy atom. The van der Waals surface area contributed by atoms with Gasteiger partial charge in [-0.3, -0.25) is 0 Å². The van der Waals surface area contributed by atoms with E-state index in [2.05, 4.69) is 15.5 Å². The molecule has 17 heavy (non-hydrogen) atoms. The van der Waals surface area contributed by atoms with Gasteiger partial charge in [-0.05, 0) is 6.42 Å². The van der Waals surface area contributed by atoms with Crippen molar-refractivity contribution < 1.29 is 21.6 Å². The molecule has 0 bridgehead atoms. The summed E-state index contributed by atoms with van der Waals surface area (Å²) in [6, 6.07) is 0. The molecule has 1 rings (SSSR count). The van der Waals surface area contributed by atoms with E-state index in [0.29, 0.717) is 11.3 Å². The average molecular weight is 290 g/mol. The van der Waals surface area contributed by atoms with Crippen LogP contribution in [-0.4, -0.2) is 30.9 Å². The summed E-state index contributed by atoms with van der Waals surface area (Å²) in [5, 5.41) is 12.5. The molecule has 0 saturated carbocycles. The van der Waals surface area contributed by atoms with E-state index in [4.69, 9.17) is 5.14 Å². The lowest BCUT2D eigenvalue weighted by molar-refractivity contribution is -0.138. The van der Waals surface area contributed by atoms with Crippen LogP contribution in [0.3, 0.4) is 0 Å². The summed E-state index contributed by atoms with van der Waals surface area (Å²) >= 11 is 0.359. The minimum atomic E-state index is -4.52. The Morgan fingerprint density at radius 3 is 2.47 bits per heavy atom. The van der Waals surface area contributed by atoms with E-state index in [9.17, 15) is 21.6 Å². The van der Waals surface area contributed by atoms with Crippen molar-refractivity contribution >= 4 is 26.5 Å². The molecular formula is C6H9F3N4O2S2. The summed E-state index contributed by atoms with van der Waals surface area (Å²) < 4.78 is 57.5. The van der Waals surface area contributed by atoms with Gasteiger partial charge in [0.1, 0.15) is 0 Å². The summed E-state index contributed by atoms with van der Waals surface area (Å²) in [6.07, 6.45) is -4.34. The molecule has 6 nitrogen and oxygen atoms in total. The SMILES string of the molecule is NS(=O)(=O)CCCNc1nnc(C(F)(F)F)s1. The topological polar surface area (TPSA) is 98.0 Å². The first kappa shape index (κ1) is 14.1. The summed E-state index contributed by atoms with van der Waals surface area (Å²) in [4.78, 5) is 0. The minimum Gasteiger partial charge on any atom is -0.360 e. The number of nitrogens with two attached hydrogens (primary N) is 1. The minimum absolute atomic E-state index is 0.00764. The smallest absolute Gasteiger partial charge is 0.360 e. The second-order valence-corrected chi connectivity index (χ2v) is 5.77. The third kappa shape index (κ3) is 5.28. The Bertz CT molecular complexity index is 470. The maximum Gasteiger partial charge on any atom is 0.445 e. The zero-order chi connectivity index (χ0) is 13.1. The first-order valence-corrected chi connectivity index (χ1v) is 6.87. The van der Waals surface area contributed by atoms with E-state index in [-0.39, 0.29) is 23.8 Å². The Morgan fingerprint density at radius 1 is 1.35 bits per heavy atom. The van der Waals surface area contributed by atoms with Crippen LogP contribution in [0.2, 0.25) is 0 Å². The van der Waals surface area contributed by atoms with Gasteiger partial charge in [0.05, 0.1) is 5.75 Å². The second-order valence-electron chi connectivity index (χ2n) is 3.06. The number of hydrogen-bond donors (Lipinski definition) is 2. The molecule has 0 saturated heterocycles. The number of nitrogens with one attached hydrogen (secondary N) is 1. The second kappa shape index (κ2) is 5.14. The van der Waals surface area contributed by atoms with Crippen molar-refractivity contribution in [2.75, 3.05) is 17.6 Å². The molecule has 0 aliphatic carbocycles. The maximum atomic E-state index is 12.1. The highest BCUT2D eigenvalue weighted by molar-refractivity contribution is 7.89. The van der Waals surface area contributed by atoms with Crippen molar-refractivity contribution in [2.45, 2.75) is 12.6 Å². The number of aromatic nitrogens is 2. The van der Waals surface area contributed by atoms with E-state index in [0.717, 1.165) is 0 Å². The van der Waals surface area contributed by atoms with E-state index < -0.39 is 21.2 Å². The molecule has 0 fully saturated rings. The van der Waals surface area contributed by atoms with Crippen molar-refractivity contribution in [3.05, 3.63) is 5.01 Å². The van der Waals surface area contributed by atoms with Crippen LogP contribution >= 0.6 is 11.3 Å². The number of hydrogen-bond acceptors (Lipinski definition) is 6. The third-order valence-electron chi connectivity index (χ3n) is 1.55. The summed E-state index contributed by atoms with van der Waals surface area (Å²) in [7, 11) is -3.55. The van der Waals surface area contributed by atoms with Crippen LogP contribution < -0.4 is 10.5 Å². The fourth-order valence-corrected chi connectivity index (χ4v) is 2.06. The number of halogens is 3. The molecule has 0 aliphatic rings. The monoisotopic (exact) mass is 290 g/mol. The maximum absolute atomic E-state index is 12.1. The normalized spacial score (nSPS) is 12.7. The molecule has 11 heteroatoms. The van der Waals surface area contributed by atoms with Crippen LogP contribution in [0.4, 0.5) is 18.3 Å². The molecule has 0 amide bonds. The molecule has 1 aromatic heterocycles. The van der Waals surface area contributed by atoms with Crippen LogP contribution in [0.1, 0.15) is 11.4 Å². The van der Waals surface area contributed by atoms with Gasteiger partial charge in [-0.15, -0.1) is 10.2 Å². The quantitative estimate of drug-likeness (QED) is 0.776. The molecule has 0 unspecified atom stereocenters. The number of anilines is 1.